The molecular formula is C59H106O6. The van der Waals surface area contributed by atoms with Crippen LogP contribution in [-0.4, -0.2) is 37.2 Å². The van der Waals surface area contributed by atoms with Crippen molar-refractivity contribution in [3.63, 3.8) is 0 Å². The first-order valence-corrected chi connectivity index (χ1v) is 28.1. The Morgan fingerprint density at radius 3 is 0.938 bits per heavy atom. The Hall–Kier alpha value is -2.63. The Labute approximate surface area is 403 Å². The van der Waals surface area contributed by atoms with Gasteiger partial charge >= 0.3 is 17.9 Å². The summed E-state index contributed by atoms with van der Waals surface area (Å²) in [7, 11) is 0. The zero-order valence-corrected chi connectivity index (χ0v) is 43.3. The summed E-state index contributed by atoms with van der Waals surface area (Å²) in [5, 5.41) is 0. The highest BCUT2D eigenvalue weighted by Crippen LogP contribution is 2.16. The quantitative estimate of drug-likeness (QED) is 0.0262. The third-order valence-electron chi connectivity index (χ3n) is 12.3. The van der Waals surface area contributed by atoms with Crippen LogP contribution >= 0.6 is 0 Å². The molecule has 0 saturated heterocycles. The monoisotopic (exact) mass is 911 g/mol. The van der Waals surface area contributed by atoms with E-state index >= 15 is 0 Å². The summed E-state index contributed by atoms with van der Waals surface area (Å²) in [6, 6.07) is 0. The number of allylic oxidation sites excluding steroid dienone is 8. The fraction of sp³-hybridized carbons (Fsp3) is 0.814. The highest BCUT2D eigenvalue weighted by molar-refractivity contribution is 5.71. The van der Waals surface area contributed by atoms with Crippen molar-refractivity contribution in [3.8, 4) is 0 Å². The van der Waals surface area contributed by atoms with Crippen LogP contribution in [0.25, 0.3) is 0 Å². The molecule has 0 fully saturated rings. The number of hydrogen-bond donors (Lipinski definition) is 0. The van der Waals surface area contributed by atoms with Gasteiger partial charge in [-0.2, -0.15) is 0 Å². The van der Waals surface area contributed by atoms with Gasteiger partial charge in [-0.25, -0.2) is 0 Å². The van der Waals surface area contributed by atoms with Gasteiger partial charge in [-0.1, -0.05) is 262 Å². The second-order valence-electron chi connectivity index (χ2n) is 18.8. The molecule has 0 aromatic carbocycles. The van der Waals surface area contributed by atoms with Crippen LogP contribution in [0.2, 0.25) is 0 Å². The molecule has 0 heterocycles. The zero-order valence-electron chi connectivity index (χ0n) is 43.3. The topological polar surface area (TPSA) is 78.9 Å². The predicted molar refractivity (Wildman–Crippen MR) is 279 cm³/mol. The molecule has 0 radical (unpaired) electrons. The molecule has 0 rings (SSSR count). The summed E-state index contributed by atoms with van der Waals surface area (Å²) in [6.45, 7) is 6.55. The molecule has 0 spiro atoms. The third kappa shape index (κ3) is 52.2. The van der Waals surface area contributed by atoms with Crippen LogP contribution in [0.1, 0.15) is 290 Å². The molecule has 6 heteroatoms. The molecule has 0 aliphatic heterocycles. The molecule has 6 nitrogen and oxygen atoms in total. The zero-order chi connectivity index (χ0) is 47.2. The Morgan fingerprint density at radius 1 is 0.323 bits per heavy atom. The second kappa shape index (κ2) is 54.0. The standard InChI is InChI=1S/C59H106O6/c1-4-7-10-13-16-19-22-25-27-29-30-31-33-34-37-40-43-46-49-52-58(61)64-55-56(54-63-57(60)51-48-45-42-39-36-24-21-18-15-12-9-6-3)65-59(62)53-50-47-44-41-38-35-32-28-26-23-20-17-14-11-8-5-2/h7,10,16,19,25,27,30-31,56H,4-6,8-9,11-15,17-18,20-24,26,28-29,32-55H2,1-3H3/b10-7-,19-16-,27-25-,31-30-. The Morgan fingerprint density at radius 2 is 0.600 bits per heavy atom. The number of rotatable bonds is 51. The van der Waals surface area contributed by atoms with Crippen LogP contribution in [0.15, 0.2) is 48.6 Å². The highest BCUT2D eigenvalue weighted by Gasteiger charge is 2.19. The van der Waals surface area contributed by atoms with Gasteiger partial charge in [-0.05, 0) is 57.8 Å². The van der Waals surface area contributed by atoms with Crippen LogP contribution in [0.4, 0.5) is 0 Å². The molecule has 1 atom stereocenters. The van der Waals surface area contributed by atoms with Crippen LogP contribution in [0, 0.1) is 0 Å². The van der Waals surface area contributed by atoms with Crippen LogP contribution < -0.4 is 0 Å². The van der Waals surface area contributed by atoms with Gasteiger partial charge in [0, 0.05) is 19.3 Å². The first-order chi connectivity index (χ1) is 32.0. The minimum atomic E-state index is -0.774. The molecule has 0 aromatic rings. The van der Waals surface area contributed by atoms with Crippen molar-refractivity contribution < 1.29 is 28.6 Å². The van der Waals surface area contributed by atoms with Crippen molar-refractivity contribution in [2.24, 2.45) is 0 Å². The van der Waals surface area contributed by atoms with Crippen molar-refractivity contribution in [1.29, 1.82) is 0 Å². The maximum atomic E-state index is 12.8. The van der Waals surface area contributed by atoms with Crippen molar-refractivity contribution in [3.05, 3.63) is 48.6 Å². The van der Waals surface area contributed by atoms with Crippen molar-refractivity contribution in [2.75, 3.05) is 13.2 Å². The van der Waals surface area contributed by atoms with Gasteiger partial charge in [0.15, 0.2) is 6.10 Å². The smallest absolute Gasteiger partial charge is 0.306 e. The molecule has 0 aliphatic rings. The molecule has 65 heavy (non-hydrogen) atoms. The SMILES string of the molecule is CC/C=C\C/C=C\C/C=C\C/C=C\CCCCCCCCC(=O)OCC(COC(=O)CCCCCCCCCCCCCC)OC(=O)CCCCCCCCCCCCCCCCCC. The normalized spacial score (nSPS) is 12.4. The van der Waals surface area contributed by atoms with Gasteiger partial charge in [-0.3, -0.25) is 14.4 Å². The van der Waals surface area contributed by atoms with Gasteiger partial charge in [0.05, 0.1) is 0 Å². The summed E-state index contributed by atoms with van der Waals surface area (Å²) < 4.78 is 16.9. The Kier molecular flexibility index (Phi) is 51.8. The molecule has 0 N–H and O–H groups in total. The largest absolute Gasteiger partial charge is 0.462 e. The van der Waals surface area contributed by atoms with E-state index in [9.17, 15) is 14.4 Å². The fourth-order valence-electron chi connectivity index (χ4n) is 8.14. The van der Waals surface area contributed by atoms with Crippen LogP contribution in [-0.2, 0) is 28.6 Å². The lowest BCUT2D eigenvalue weighted by Gasteiger charge is -2.18. The molecule has 1 unspecified atom stereocenters. The third-order valence-corrected chi connectivity index (χ3v) is 12.3. The van der Waals surface area contributed by atoms with E-state index in [0.717, 1.165) is 89.9 Å². The minimum absolute atomic E-state index is 0.0734. The average molecular weight is 911 g/mol. The maximum absolute atomic E-state index is 12.8. The fourth-order valence-corrected chi connectivity index (χ4v) is 8.14. The van der Waals surface area contributed by atoms with E-state index in [1.54, 1.807) is 0 Å². The first-order valence-electron chi connectivity index (χ1n) is 28.1. The van der Waals surface area contributed by atoms with Gasteiger partial charge in [0.1, 0.15) is 13.2 Å². The maximum Gasteiger partial charge on any atom is 0.306 e. The van der Waals surface area contributed by atoms with Crippen molar-refractivity contribution >= 4 is 17.9 Å². The molecule has 0 saturated carbocycles. The van der Waals surface area contributed by atoms with Gasteiger partial charge in [0.2, 0.25) is 0 Å². The van der Waals surface area contributed by atoms with E-state index < -0.39 is 6.10 Å². The van der Waals surface area contributed by atoms with E-state index in [-0.39, 0.29) is 31.1 Å². The summed E-state index contributed by atoms with van der Waals surface area (Å²) in [5.41, 5.74) is 0. The number of unbranched alkanes of at least 4 members (excludes halogenated alkanes) is 32. The number of hydrogen-bond acceptors (Lipinski definition) is 6. The molecule has 0 amide bonds. The molecular weight excluding hydrogens is 805 g/mol. The Bertz CT molecular complexity index is 1140. The lowest BCUT2D eigenvalue weighted by atomic mass is 10.0. The van der Waals surface area contributed by atoms with Crippen LogP contribution in [0.5, 0.6) is 0 Å². The van der Waals surface area contributed by atoms with E-state index in [1.807, 2.05) is 0 Å². The second-order valence-corrected chi connectivity index (χ2v) is 18.8. The highest BCUT2D eigenvalue weighted by atomic mass is 16.6. The molecule has 0 bridgehead atoms. The van der Waals surface area contributed by atoms with Gasteiger partial charge in [-0.15, -0.1) is 0 Å². The molecule has 378 valence electrons. The van der Waals surface area contributed by atoms with Crippen molar-refractivity contribution in [1.82, 2.24) is 0 Å². The summed E-state index contributed by atoms with van der Waals surface area (Å²) in [4.78, 5) is 38.1. The summed E-state index contributed by atoms with van der Waals surface area (Å²) in [5.74, 6) is -0.873. The van der Waals surface area contributed by atoms with Gasteiger partial charge < -0.3 is 14.2 Å². The van der Waals surface area contributed by atoms with E-state index in [2.05, 4.69) is 69.4 Å². The Balaban J connectivity index is 4.35. The van der Waals surface area contributed by atoms with E-state index in [0.29, 0.717) is 19.3 Å². The number of ether oxygens (including phenoxy) is 3. The van der Waals surface area contributed by atoms with Crippen molar-refractivity contribution in [2.45, 2.75) is 297 Å². The predicted octanol–water partition coefficient (Wildman–Crippen LogP) is 18.7. The molecule has 0 aromatic heterocycles. The summed E-state index contributed by atoms with van der Waals surface area (Å²) in [6.07, 6.45) is 65.2. The lowest BCUT2D eigenvalue weighted by molar-refractivity contribution is -0.167. The first kappa shape index (κ1) is 62.4. The van der Waals surface area contributed by atoms with Crippen LogP contribution in [0.3, 0.4) is 0 Å². The summed E-state index contributed by atoms with van der Waals surface area (Å²) >= 11 is 0. The van der Waals surface area contributed by atoms with E-state index in [4.69, 9.17) is 14.2 Å². The number of esters is 3. The van der Waals surface area contributed by atoms with Gasteiger partial charge in [0.25, 0.3) is 0 Å². The van der Waals surface area contributed by atoms with E-state index in [1.165, 1.54) is 161 Å². The number of carbonyl (C=O) groups excluding carboxylic acids is 3. The number of carbonyl (C=O) groups is 3. The minimum Gasteiger partial charge on any atom is -0.462 e. The lowest BCUT2D eigenvalue weighted by Crippen LogP contribution is -2.30. The average Bonchev–Trinajstić information content (AvgIpc) is 3.30. The molecule has 0 aliphatic carbocycles.